The third kappa shape index (κ3) is 3.72. The fourth-order valence-electron chi connectivity index (χ4n) is 4.55. The van der Waals surface area contributed by atoms with E-state index in [1.54, 1.807) is 0 Å². The molecule has 7 heteroatoms. The van der Waals surface area contributed by atoms with Crippen LogP contribution in [0.4, 0.5) is 0 Å². The molecule has 0 atom stereocenters. The predicted molar refractivity (Wildman–Crippen MR) is 101 cm³/mol. The van der Waals surface area contributed by atoms with E-state index in [1.807, 2.05) is 18.5 Å². The monoisotopic (exact) mass is 360 g/mol. The van der Waals surface area contributed by atoms with Gasteiger partial charge in [0, 0.05) is 39.4 Å². The molecule has 1 aromatic heterocycles. The van der Waals surface area contributed by atoms with Crippen LogP contribution >= 0.6 is 0 Å². The highest BCUT2D eigenvalue weighted by Crippen LogP contribution is 2.39. The molecule has 1 spiro atoms. The number of aliphatic imine (C=N–C) groups is 1. The van der Waals surface area contributed by atoms with Gasteiger partial charge in [-0.2, -0.15) is 0 Å². The van der Waals surface area contributed by atoms with Crippen LogP contribution in [0.5, 0.6) is 0 Å². The van der Waals surface area contributed by atoms with Gasteiger partial charge in [0.1, 0.15) is 12.4 Å². The summed E-state index contributed by atoms with van der Waals surface area (Å²) in [4.78, 5) is 7.45. The van der Waals surface area contributed by atoms with E-state index in [0.717, 1.165) is 43.9 Å². The van der Waals surface area contributed by atoms with Crippen LogP contribution < -0.4 is 5.32 Å². The SMILES string of the molecule is Cc1nnc(CN=C(NC2CCCC2)N2CCC3(CCOCC3)C2)n1C. The molecule has 0 amide bonds. The number of rotatable bonds is 3. The summed E-state index contributed by atoms with van der Waals surface area (Å²) in [6.45, 7) is 6.58. The van der Waals surface area contributed by atoms with E-state index in [9.17, 15) is 0 Å². The summed E-state index contributed by atoms with van der Waals surface area (Å²) in [5.74, 6) is 2.93. The van der Waals surface area contributed by atoms with E-state index in [1.165, 1.54) is 44.9 Å². The minimum absolute atomic E-state index is 0.428. The highest BCUT2D eigenvalue weighted by molar-refractivity contribution is 5.80. The number of hydrogen-bond donors (Lipinski definition) is 1. The number of hydrogen-bond acceptors (Lipinski definition) is 4. The smallest absolute Gasteiger partial charge is 0.194 e. The fourth-order valence-corrected chi connectivity index (χ4v) is 4.55. The molecular formula is C19H32N6O. The normalized spacial score (nSPS) is 23.9. The minimum Gasteiger partial charge on any atom is -0.381 e. The van der Waals surface area contributed by atoms with Gasteiger partial charge < -0.3 is 19.5 Å². The van der Waals surface area contributed by atoms with Crippen LogP contribution in [0.1, 0.15) is 56.6 Å². The zero-order valence-corrected chi connectivity index (χ0v) is 16.2. The summed E-state index contributed by atoms with van der Waals surface area (Å²) in [5, 5.41) is 12.2. The Hall–Kier alpha value is -1.63. The minimum atomic E-state index is 0.428. The Bertz CT molecular complexity index is 642. The Morgan fingerprint density at radius 2 is 2.00 bits per heavy atom. The fraction of sp³-hybridized carbons (Fsp3) is 0.842. The number of nitrogens with one attached hydrogen (secondary N) is 1. The zero-order chi connectivity index (χ0) is 18.0. The molecular weight excluding hydrogens is 328 g/mol. The highest BCUT2D eigenvalue weighted by Gasteiger charge is 2.40. The molecule has 1 saturated carbocycles. The standard InChI is InChI=1S/C19H32N6O/c1-15-22-23-17(24(15)2)13-20-18(21-16-5-3-4-6-16)25-10-7-19(14-25)8-11-26-12-9-19/h16H,3-14H2,1-2H3,(H,20,21). The maximum absolute atomic E-state index is 5.60. The second kappa shape index (κ2) is 7.55. The van der Waals surface area contributed by atoms with Gasteiger partial charge in [-0.3, -0.25) is 0 Å². The maximum atomic E-state index is 5.60. The van der Waals surface area contributed by atoms with Gasteiger partial charge in [0.25, 0.3) is 0 Å². The molecule has 3 heterocycles. The van der Waals surface area contributed by atoms with Gasteiger partial charge in [-0.05, 0) is 44.4 Å². The molecule has 144 valence electrons. The number of aryl methyl sites for hydroxylation is 1. The summed E-state index contributed by atoms with van der Waals surface area (Å²) >= 11 is 0. The van der Waals surface area contributed by atoms with Gasteiger partial charge in [0.2, 0.25) is 0 Å². The van der Waals surface area contributed by atoms with Crippen molar-refractivity contribution >= 4 is 5.96 Å². The molecule has 7 nitrogen and oxygen atoms in total. The molecule has 0 unspecified atom stereocenters. The average Bonchev–Trinajstić information content (AvgIpc) is 3.37. The first-order valence-electron chi connectivity index (χ1n) is 10.1. The van der Waals surface area contributed by atoms with Gasteiger partial charge in [-0.1, -0.05) is 12.8 Å². The summed E-state index contributed by atoms with van der Waals surface area (Å²) in [6.07, 6.45) is 8.80. The summed E-state index contributed by atoms with van der Waals surface area (Å²) in [7, 11) is 2.01. The van der Waals surface area contributed by atoms with Crippen molar-refractivity contribution in [3.63, 3.8) is 0 Å². The maximum Gasteiger partial charge on any atom is 0.194 e. The van der Waals surface area contributed by atoms with E-state index < -0.39 is 0 Å². The van der Waals surface area contributed by atoms with Crippen molar-refractivity contribution in [3.8, 4) is 0 Å². The topological polar surface area (TPSA) is 67.6 Å². The van der Waals surface area contributed by atoms with Crippen molar-refractivity contribution in [2.45, 2.75) is 64.5 Å². The Balaban J connectivity index is 1.48. The molecule has 26 heavy (non-hydrogen) atoms. The molecule has 1 aliphatic carbocycles. The molecule has 4 rings (SSSR count). The first kappa shape index (κ1) is 17.8. The lowest BCUT2D eigenvalue weighted by molar-refractivity contribution is 0.0217. The van der Waals surface area contributed by atoms with Crippen molar-refractivity contribution in [2.24, 2.45) is 17.5 Å². The van der Waals surface area contributed by atoms with Gasteiger partial charge in [-0.25, -0.2) is 4.99 Å². The quantitative estimate of drug-likeness (QED) is 0.660. The average molecular weight is 361 g/mol. The highest BCUT2D eigenvalue weighted by atomic mass is 16.5. The predicted octanol–water partition coefficient (Wildman–Crippen LogP) is 2.01. The summed E-state index contributed by atoms with van der Waals surface area (Å²) in [6, 6.07) is 0.571. The third-order valence-corrected chi connectivity index (χ3v) is 6.53. The van der Waals surface area contributed by atoms with Gasteiger partial charge in [-0.15, -0.1) is 10.2 Å². The van der Waals surface area contributed by atoms with Crippen LogP contribution in [0, 0.1) is 12.3 Å². The zero-order valence-electron chi connectivity index (χ0n) is 16.2. The van der Waals surface area contributed by atoms with Gasteiger partial charge in [0.05, 0.1) is 0 Å². The number of guanidine groups is 1. The largest absolute Gasteiger partial charge is 0.381 e. The van der Waals surface area contributed by atoms with E-state index in [2.05, 4.69) is 20.4 Å². The van der Waals surface area contributed by atoms with Crippen LogP contribution in [0.3, 0.4) is 0 Å². The number of likely N-dealkylation sites (tertiary alicyclic amines) is 1. The molecule has 3 fully saturated rings. The second-order valence-corrected chi connectivity index (χ2v) is 8.27. The Morgan fingerprint density at radius 1 is 1.23 bits per heavy atom. The van der Waals surface area contributed by atoms with Crippen LogP contribution in [-0.4, -0.2) is 58.0 Å². The Kier molecular flexibility index (Phi) is 5.16. The number of ether oxygens (including phenoxy) is 1. The molecule has 0 aromatic carbocycles. The van der Waals surface area contributed by atoms with Crippen LogP contribution in [0.2, 0.25) is 0 Å². The molecule has 0 radical (unpaired) electrons. The number of nitrogens with zero attached hydrogens (tertiary/aromatic N) is 5. The lowest BCUT2D eigenvalue weighted by Crippen LogP contribution is -2.45. The van der Waals surface area contributed by atoms with Crippen molar-refractivity contribution < 1.29 is 4.74 Å². The Labute approximate surface area is 156 Å². The van der Waals surface area contributed by atoms with E-state index in [-0.39, 0.29) is 0 Å². The van der Waals surface area contributed by atoms with Crippen LogP contribution in [0.25, 0.3) is 0 Å². The molecule has 2 saturated heterocycles. The van der Waals surface area contributed by atoms with Crippen molar-refractivity contribution in [1.29, 1.82) is 0 Å². The van der Waals surface area contributed by atoms with Crippen molar-refractivity contribution in [1.82, 2.24) is 25.0 Å². The van der Waals surface area contributed by atoms with Crippen molar-refractivity contribution in [2.75, 3.05) is 26.3 Å². The van der Waals surface area contributed by atoms with E-state index in [4.69, 9.17) is 9.73 Å². The molecule has 0 bridgehead atoms. The number of aromatic nitrogens is 3. The second-order valence-electron chi connectivity index (χ2n) is 8.27. The van der Waals surface area contributed by atoms with Gasteiger partial charge >= 0.3 is 0 Å². The van der Waals surface area contributed by atoms with Gasteiger partial charge in [0.15, 0.2) is 11.8 Å². The van der Waals surface area contributed by atoms with E-state index in [0.29, 0.717) is 18.0 Å². The van der Waals surface area contributed by atoms with Crippen molar-refractivity contribution in [3.05, 3.63) is 11.6 Å². The molecule has 1 N–H and O–H groups in total. The summed E-state index contributed by atoms with van der Waals surface area (Å²) < 4.78 is 7.63. The lowest BCUT2D eigenvalue weighted by atomic mass is 9.80. The molecule has 3 aliphatic rings. The lowest BCUT2D eigenvalue weighted by Gasteiger charge is -2.34. The first-order valence-corrected chi connectivity index (χ1v) is 10.1. The molecule has 1 aromatic rings. The first-order chi connectivity index (χ1) is 12.7. The third-order valence-electron chi connectivity index (χ3n) is 6.53. The molecule has 2 aliphatic heterocycles. The summed E-state index contributed by atoms with van der Waals surface area (Å²) in [5.41, 5.74) is 0.428. The van der Waals surface area contributed by atoms with Crippen LogP contribution in [-0.2, 0) is 18.3 Å². The van der Waals surface area contributed by atoms with E-state index >= 15 is 0 Å². The Morgan fingerprint density at radius 3 is 2.69 bits per heavy atom. The van der Waals surface area contributed by atoms with Crippen LogP contribution in [0.15, 0.2) is 4.99 Å².